The van der Waals surface area contributed by atoms with Crippen LogP contribution < -0.4 is 5.32 Å². The molecule has 0 aliphatic rings. The topological polar surface area (TPSA) is 68.0 Å². The van der Waals surface area contributed by atoms with E-state index in [-0.39, 0.29) is 11.1 Å². The van der Waals surface area contributed by atoms with Gasteiger partial charge in [-0.05, 0) is 60.5 Å². The van der Waals surface area contributed by atoms with Crippen LogP contribution in [0.3, 0.4) is 0 Å². The Morgan fingerprint density at radius 2 is 1.96 bits per heavy atom. The van der Waals surface area contributed by atoms with Gasteiger partial charge in [0, 0.05) is 17.4 Å². The van der Waals surface area contributed by atoms with Gasteiger partial charge in [-0.15, -0.1) is 0 Å². The number of anilines is 1. The van der Waals surface area contributed by atoms with Crippen molar-refractivity contribution in [2.45, 2.75) is 13.3 Å². The van der Waals surface area contributed by atoms with Crippen LogP contribution in [-0.4, -0.2) is 15.9 Å². The zero-order chi connectivity index (χ0) is 18.8. The van der Waals surface area contributed by atoms with Crippen LogP contribution in [0.4, 0.5) is 5.69 Å². The molecule has 0 aliphatic carbocycles. The molecule has 0 saturated heterocycles. The number of rotatable bonds is 4. The summed E-state index contributed by atoms with van der Waals surface area (Å²) < 4.78 is 5.84. The molecule has 0 bridgehead atoms. The highest BCUT2D eigenvalue weighted by Gasteiger charge is 2.12. The minimum absolute atomic E-state index is 0.171. The molecule has 4 rings (SSSR count). The number of hydrogen-bond acceptors (Lipinski definition) is 4. The average molecular weight is 378 g/mol. The van der Waals surface area contributed by atoms with E-state index in [0.717, 1.165) is 23.1 Å². The fraction of sp³-hybridized carbons (Fsp3) is 0.0952. The Balaban J connectivity index is 1.55. The Bertz CT molecular complexity index is 1120. The molecule has 5 nitrogen and oxygen atoms in total. The normalized spacial score (nSPS) is 10.9. The molecular formula is C21H16ClN3O2. The first-order valence-corrected chi connectivity index (χ1v) is 8.93. The van der Waals surface area contributed by atoms with E-state index < -0.39 is 0 Å². The molecule has 0 atom stereocenters. The molecule has 2 aromatic heterocycles. The fourth-order valence-electron chi connectivity index (χ4n) is 2.77. The molecule has 1 amide bonds. The predicted molar refractivity (Wildman–Crippen MR) is 106 cm³/mol. The lowest BCUT2D eigenvalue weighted by atomic mass is 10.1. The van der Waals surface area contributed by atoms with Crippen LogP contribution in [0.25, 0.3) is 22.6 Å². The van der Waals surface area contributed by atoms with Crippen molar-refractivity contribution in [3.05, 3.63) is 77.1 Å². The van der Waals surface area contributed by atoms with Gasteiger partial charge in [0.25, 0.3) is 5.91 Å². The molecule has 0 saturated carbocycles. The predicted octanol–water partition coefficient (Wildman–Crippen LogP) is 5.36. The number of carbonyl (C=O) groups excluding carboxylic acids is 1. The summed E-state index contributed by atoms with van der Waals surface area (Å²) in [6, 6.07) is 16.6. The molecule has 0 unspecified atom stereocenters. The monoisotopic (exact) mass is 377 g/mol. The molecule has 134 valence electrons. The number of aryl methyl sites for hydroxylation is 1. The zero-order valence-corrected chi connectivity index (χ0v) is 15.3. The SMILES string of the molecule is CCc1ccc2oc(-c3ccc(NC(=O)c4cccnc4Cl)cc3)nc2c1. The van der Waals surface area contributed by atoms with Crippen molar-refractivity contribution in [2.24, 2.45) is 0 Å². The van der Waals surface area contributed by atoms with Gasteiger partial charge in [0.05, 0.1) is 5.56 Å². The lowest BCUT2D eigenvalue weighted by Crippen LogP contribution is -2.12. The van der Waals surface area contributed by atoms with Crippen molar-refractivity contribution in [1.29, 1.82) is 0 Å². The van der Waals surface area contributed by atoms with Gasteiger partial charge in [0.2, 0.25) is 5.89 Å². The second kappa shape index (κ2) is 7.21. The average Bonchev–Trinajstić information content (AvgIpc) is 3.12. The summed E-state index contributed by atoms with van der Waals surface area (Å²) in [6.07, 6.45) is 2.49. The van der Waals surface area contributed by atoms with Gasteiger partial charge in [-0.1, -0.05) is 24.6 Å². The van der Waals surface area contributed by atoms with E-state index in [1.165, 1.54) is 11.8 Å². The second-order valence-electron chi connectivity index (χ2n) is 6.05. The van der Waals surface area contributed by atoms with Gasteiger partial charge < -0.3 is 9.73 Å². The first kappa shape index (κ1) is 17.2. The van der Waals surface area contributed by atoms with Gasteiger partial charge in [-0.2, -0.15) is 0 Å². The number of oxazole rings is 1. The molecule has 2 heterocycles. The van der Waals surface area contributed by atoms with E-state index in [0.29, 0.717) is 17.1 Å². The highest BCUT2D eigenvalue weighted by Crippen LogP contribution is 2.26. The smallest absolute Gasteiger partial charge is 0.258 e. The van der Waals surface area contributed by atoms with Crippen molar-refractivity contribution in [2.75, 3.05) is 5.32 Å². The van der Waals surface area contributed by atoms with Crippen LogP contribution in [0, 0.1) is 0 Å². The van der Waals surface area contributed by atoms with E-state index in [4.69, 9.17) is 16.0 Å². The maximum Gasteiger partial charge on any atom is 0.258 e. The second-order valence-corrected chi connectivity index (χ2v) is 6.41. The minimum atomic E-state index is -0.310. The third-order valence-electron chi connectivity index (χ3n) is 4.25. The third kappa shape index (κ3) is 3.55. The summed E-state index contributed by atoms with van der Waals surface area (Å²) >= 11 is 5.96. The summed E-state index contributed by atoms with van der Waals surface area (Å²) in [5, 5.41) is 2.98. The molecule has 27 heavy (non-hydrogen) atoms. The molecule has 2 aromatic carbocycles. The van der Waals surface area contributed by atoms with Crippen molar-refractivity contribution in [1.82, 2.24) is 9.97 Å². The number of nitrogens with zero attached hydrogens (tertiary/aromatic N) is 2. The molecule has 1 N–H and O–H groups in total. The van der Waals surface area contributed by atoms with E-state index in [1.807, 2.05) is 30.3 Å². The first-order valence-electron chi connectivity index (χ1n) is 8.56. The molecular weight excluding hydrogens is 362 g/mol. The maximum absolute atomic E-state index is 12.3. The molecule has 0 spiro atoms. The lowest BCUT2D eigenvalue weighted by molar-refractivity contribution is 0.102. The third-order valence-corrected chi connectivity index (χ3v) is 4.55. The maximum atomic E-state index is 12.3. The molecule has 6 heteroatoms. The quantitative estimate of drug-likeness (QED) is 0.486. The Kier molecular flexibility index (Phi) is 4.60. The number of pyridine rings is 1. The van der Waals surface area contributed by atoms with Gasteiger partial charge in [-0.3, -0.25) is 4.79 Å². The van der Waals surface area contributed by atoms with Gasteiger partial charge in [0.15, 0.2) is 5.58 Å². The summed E-state index contributed by atoms with van der Waals surface area (Å²) in [4.78, 5) is 20.8. The number of carbonyl (C=O) groups is 1. The largest absolute Gasteiger partial charge is 0.436 e. The van der Waals surface area contributed by atoms with Crippen LogP contribution in [0.2, 0.25) is 5.15 Å². The lowest BCUT2D eigenvalue weighted by Gasteiger charge is -2.06. The van der Waals surface area contributed by atoms with E-state index in [2.05, 4.69) is 22.2 Å². The number of nitrogens with one attached hydrogen (secondary N) is 1. The summed E-state index contributed by atoms with van der Waals surface area (Å²) in [5.74, 6) is 0.237. The highest BCUT2D eigenvalue weighted by molar-refractivity contribution is 6.33. The van der Waals surface area contributed by atoms with Crippen LogP contribution in [0.5, 0.6) is 0 Å². The highest BCUT2D eigenvalue weighted by atomic mass is 35.5. The van der Waals surface area contributed by atoms with Crippen LogP contribution in [0.15, 0.2) is 65.2 Å². The number of aromatic nitrogens is 2. The Morgan fingerprint density at radius 1 is 1.15 bits per heavy atom. The molecule has 0 radical (unpaired) electrons. The van der Waals surface area contributed by atoms with Crippen LogP contribution in [0.1, 0.15) is 22.8 Å². The summed E-state index contributed by atoms with van der Waals surface area (Å²) in [6.45, 7) is 2.11. The standard InChI is InChI=1S/C21H16ClN3O2/c1-2-13-5-10-18-17(12-13)25-21(27-18)14-6-8-15(9-7-14)24-20(26)16-4-3-11-23-19(16)22/h3-12H,2H2,1H3,(H,24,26). The van der Waals surface area contributed by atoms with E-state index in [9.17, 15) is 4.79 Å². The van der Waals surface area contributed by atoms with Crippen molar-refractivity contribution in [3.63, 3.8) is 0 Å². The number of halogens is 1. The minimum Gasteiger partial charge on any atom is -0.436 e. The first-order chi connectivity index (χ1) is 13.1. The fourth-order valence-corrected chi connectivity index (χ4v) is 2.97. The number of amides is 1. The van der Waals surface area contributed by atoms with Crippen LogP contribution >= 0.6 is 11.6 Å². The Hall–Kier alpha value is -3.18. The number of hydrogen-bond donors (Lipinski definition) is 1. The van der Waals surface area contributed by atoms with Gasteiger partial charge >= 0.3 is 0 Å². The van der Waals surface area contributed by atoms with Gasteiger partial charge in [-0.25, -0.2) is 9.97 Å². The Labute approximate surface area is 161 Å². The summed E-state index contributed by atoms with van der Waals surface area (Å²) in [7, 11) is 0. The molecule has 0 aliphatic heterocycles. The molecule has 4 aromatic rings. The summed E-state index contributed by atoms with van der Waals surface area (Å²) in [5.41, 5.74) is 4.62. The van der Waals surface area contributed by atoms with Crippen LogP contribution in [-0.2, 0) is 6.42 Å². The van der Waals surface area contributed by atoms with E-state index in [1.54, 1.807) is 24.3 Å². The van der Waals surface area contributed by atoms with Crippen molar-refractivity contribution < 1.29 is 9.21 Å². The number of benzene rings is 2. The van der Waals surface area contributed by atoms with Gasteiger partial charge in [0.1, 0.15) is 10.7 Å². The molecule has 0 fully saturated rings. The zero-order valence-electron chi connectivity index (χ0n) is 14.6. The number of fused-ring (bicyclic) bond motifs is 1. The van der Waals surface area contributed by atoms with Crippen molar-refractivity contribution >= 4 is 34.3 Å². The van der Waals surface area contributed by atoms with E-state index >= 15 is 0 Å². The van der Waals surface area contributed by atoms with Crippen molar-refractivity contribution in [3.8, 4) is 11.5 Å². The Morgan fingerprint density at radius 3 is 2.70 bits per heavy atom.